The molecule has 1 aliphatic rings. The summed E-state index contributed by atoms with van der Waals surface area (Å²) in [5, 5.41) is 6.07. The Morgan fingerprint density at radius 3 is 2.38 bits per heavy atom. The van der Waals surface area contributed by atoms with E-state index in [4.69, 9.17) is 16.2 Å². The highest BCUT2D eigenvalue weighted by atomic mass is 32.1. The van der Waals surface area contributed by atoms with E-state index in [9.17, 15) is 14.4 Å². The van der Waals surface area contributed by atoms with Gasteiger partial charge in [0, 0.05) is 11.4 Å². The van der Waals surface area contributed by atoms with Gasteiger partial charge < -0.3 is 16.2 Å². The van der Waals surface area contributed by atoms with Crippen LogP contribution in [0.3, 0.4) is 0 Å². The van der Waals surface area contributed by atoms with Crippen molar-refractivity contribution < 1.29 is 19.1 Å². The Labute approximate surface area is 219 Å². The van der Waals surface area contributed by atoms with E-state index in [-0.39, 0.29) is 17.6 Å². The predicted molar refractivity (Wildman–Crippen MR) is 146 cm³/mol. The van der Waals surface area contributed by atoms with Gasteiger partial charge in [-0.25, -0.2) is 9.59 Å². The number of nitrogens with two attached hydrogens (primary N) is 2. The van der Waals surface area contributed by atoms with Crippen LogP contribution in [0.5, 0.6) is 0 Å². The van der Waals surface area contributed by atoms with Crippen LogP contribution >= 0.6 is 11.3 Å². The van der Waals surface area contributed by atoms with Crippen LogP contribution in [-0.4, -0.2) is 30.6 Å². The van der Waals surface area contributed by atoms with E-state index in [2.05, 4.69) is 10.6 Å². The number of hydrogen-bond donors (Lipinski definition) is 4. The number of anilines is 1. The fourth-order valence-electron chi connectivity index (χ4n) is 4.28. The Morgan fingerprint density at radius 2 is 1.73 bits per heavy atom. The van der Waals surface area contributed by atoms with Gasteiger partial charge in [0.05, 0.1) is 5.56 Å². The SMILES string of the molecule is NC(=O)Nc1sc(-c2ccc(/C=C/CN[C@H](C(=O)OC3CCCC3)c3ccccc3)cc2)cc1C(N)=O. The van der Waals surface area contributed by atoms with Crippen molar-refractivity contribution in [1.29, 1.82) is 0 Å². The van der Waals surface area contributed by atoms with Gasteiger partial charge in [-0.1, -0.05) is 66.7 Å². The third kappa shape index (κ3) is 7.05. The summed E-state index contributed by atoms with van der Waals surface area (Å²) < 4.78 is 5.76. The van der Waals surface area contributed by atoms with E-state index < -0.39 is 18.0 Å². The number of ether oxygens (including phenoxy) is 1. The lowest BCUT2D eigenvalue weighted by atomic mass is 10.1. The summed E-state index contributed by atoms with van der Waals surface area (Å²) in [6, 6.07) is 17.7. The minimum Gasteiger partial charge on any atom is -0.461 e. The number of carbonyl (C=O) groups is 3. The Hall–Kier alpha value is -3.95. The molecule has 1 atom stereocenters. The molecule has 6 N–H and O–H groups in total. The second-order valence-corrected chi connectivity index (χ2v) is 9.88. The predicted octanol–water partition coefficient (Wildman–Crippen LogP) is 4.83. The van der Waals surface area contributed by atoms with Gasteiger partial charge in [0.15, 0.2) is 0 Å². The number of primary amides is 2. The maximum absolute atomic E-state index is 12.9. The highest BCUT2D eigenvalue weighted by molar-refractivity contribution is 7.20. The molecule has 0 unspecified atom stereocenters. The molecule has 1 fully saturated rings. The van der Waals surface area contributed by atoms with Crippen molar-refractivity contribution in [2.24, 2.45) is 11.5 Å². The molecule has 0 spiro atoms. The zero-order valence-corrected chi connectivity index (χ0v) is 21.1. The highest BCUT2D eigenvalue weighted by Crippen LogP contribution is 2.35. The lowest BCUT2D eigenvalue weighted by Crippen LogP contribution is -2.32. The zero-order chi connectivity index (χ0) is 26.2. The zero-order valence-electron chi connectivity index (χ0n) is 20.3. The molecule has 0 bridgehead atoms. The second-order valence-electron chi connectivity index (χ2n) is 8.83. The number of urea groups is 1. The Balaban J connectivity index is 1.39. The van der Waals surface area contributed by atoms with Crippen molar-refractivity contribution in [1.82, 2.24) is 5.32 Å². The maximum Gasteiger partial charge on any atom is 0.328 e. The van der Waals surface area contributed by atoms with Gasteiger partial charge in [0.1, 0.15) is 17.1 Å². The van der Waals surface area contributed by atoms with Gasteiger partial charge in [-0.3, -0.25) is 15.4 Å². The maximum atomic E-state index is 12.9. The Kier molecular flexibility index (Phi) is 8.71. The number of amides is 3. The van der Waals surface area contributed by atoms with Crippen LogP contribution in [0.2, 0.25) is 0 Å². The number of benzene rings is 2. The van der Waals surface area contributed by atoms with Gasteiger partial charge >= 0.3 is 12.0 Å². The van der Waals surface area contributed by atoms with E-state index in [1.54, 1.807) is 6.07 Å². The van der Waals surface area contributed by atoms with Crippen LogP contribution in [0.25, 0.3) is 16.5 Å². The molecule has 1 heterocycles. The van der Waals surface area contributed by atoms with Crippen molar-refractivity contribution in [3.05, 3.63) is 83.4 Å². The first kappa shape index (κ1) is 26.1. The summed E-state index contributed by atoms with van der Waals surface area (Å²) in [5.74, 6) is -0.883. The van der Waals surface area contributed by atoms with E-state index in [1.807, 2.05) is 66.7 Å². The number of nitrogens with one attached hydrogen (secondary N) is 2. The number of carbonyl (C=O) groups excluding carboxylic acids is 3. The molecule has 8 nitrogen and oxygen atoms in total. The molecule has 1 aromatic heterocycles. The first-order chi connectivity index (χ1) is 17.9. The van der Waals surface area contributed by atoms with Gasteiger partial charge in [-0.2, -0.15) is 0 Å². The van der Waals surface area contributed by atoms with Crippen molar-refractivity contribution in [2.45, 2.75) is 37.8 Å². The van der Waals surface area contributed by atoms with Crippen molar-refractivity contribution in [2.75, 3.05) is 11.9 Å². The molecule has 0 saturated heterocycles. The highest BCUT2D eigenvalue weighted by Gasteiger charge is 2.26. The lowest BCUT2D eigenvalue weighted by molar-refractivity contribution is -0.151. The van der Waals surface area contributed by atoms with Gasteiger partial charge in [-0.15, -0.1) is 11.3 Å². The van der Waals surface area contributed by atoms with E-state index in [0.29, 0.717) is 11.5 Å². The topological polar surface area (TPSA) is 137 Å². The fraction of sp³-hybridized carbons (Fsp3) is 0.250. The van der Waals surface area contributed by atoms with Crippen molar-refractivity contribution >= 4 is 40.3 Å². The Morgan fingerprint density at radius 1 is 1.03 bits per heavy atom. The van der Waals surface area contributed by atoms with E-state index in [0.717, 1.165) is 47.3 Å². The van der Waals surface area contributed by atoms with Crippen molar-refractivity contribution in [3.8, 4) is 10.4 Å². The van der Waals surface area contributed by atoms with E-state index in [1.165, 1.54) is 11.3 Å². The average Bonchev–Trinajstić information content (AvgIpc) is 3.55. The fourth-order valence-corrected chi connectivity index (χ4v) is 5.35. The molecule has 0 aliphatic heterocycles. The lowest BCUT2D eigenvalue weighted by Gasteiger charge is -2.20. The first-order valence-corrected chi connectivity index (χ1v) is 13.0. The number of thiophene rings is 1. The quantitative estimate of drug-likeness (QED) is 0.285. The molecule has 37 heavy (non-hydrogen) atoms. The smallest absolute Gasteiger partial charge is 0.328 e. The monoisotopic (exact) mass is 518 g/mol. The molecule has 3 aromatic rings. The Bertz CT molecular complexity index is 1270. The molecule has 2 aromatic carbocycles. The first-order valence-electron chi connectivity index (χ1n) is 12.2. The standard InChI is InChI=1S/C28H30N4O4S/c29-25(33)22-17-23(37-26(22)32-28(30)35)19-14-12-18(13-15-19)7-6-16-31-24(20-8-2-1-3-9-20)27(34)36-21-10-4-5-11-21/h1-3,6-9,12-15,17,21,24,31H,4-5,10-11,16H2,(H2,29,33)(H3,30,32,35)/b7-6+/t24-/m0/s1. The van der Waals surface area contributed by atoms with Crippen molar-refractivity contribution in [3.63, 3.8) is 0 Å². The largest absolute Gasteiger partial charge is 0.461 e. The summed E-state index contributed by atoms with van der Waals surface area (Å²) in [5.41, 5.74) is 13.5. The van der Waals surface area contributed by atoms with Crippen LogP contribution in [0, 0.1) is 0 Å². The normalized spacial score (nSPS) is 14.5. The summed E-state index contributed by atoms with van der Waals surface area (Å²) in [4.78, 5) is 36.6. The third-order valence-corrected chi connectivity index (χ3v) is 7.23. The number of rotatable bonds is 10. The molecule has 192 valence electrons. The van der Waals surface area contributed by atoms with Gasteiger partial charge in [0.25, 0.3) is 5.91 Å². The minimum atomic E-state index is -0.758. The molecule has 3 amide bonds. The molecule has 1 saturated carbocycles. The number of hydrogen-bond acceptors (Lipinski definition) is 6. The third-order valence-electron chi connectivity index (χ3n) is 6.13. The molecule has 9 heteroatoms. The summed E-state index contributed by atoms with van der Waals surface area (Å²) in [7, 11) is 0. The van der Waals surface area contributed by atoms with Crippen LogP contribution in [0.1, 0.15) is 53.2 Å². The molecule has 1 aliphatic carbocycles. The molecular weight excluding hydrogens is 488 g/mol. The number of esters is 1. The van der Waals surface area contributed by atoms with Gasteiger partial charge in [-0.05, 0) is 48.4 Å². The van der Waals surface area contributed by atoms with Crippen LogP contribution < -0.4 is 22.1 Å². The average molecular weight is 519 g/mol. The minimum absolute atomic E-state index is 0.0135. The molecule has 4 rings (SSSR count). The summed E-state index contributed by atoms with van der Waals surface area (Å²) in [6.45, 7) is 0.482. The van der Waals surface area contributed by atoms with Crippen LogP contribution in [0.4, 0.5) is 9.80 Å². The second kappa shape index (κ2) is 12.3. The molecule has 0 radical (unpaired) electrons. The van der Waals surface area contributed by atoms with E-state index >= 15 is 0 Å². The van der Waals surface area contributed by atoms with Gasteiger partial charge in [0.2, 0.25) is 0 Å². The summed E-state index contributed by atoms with van der Waals surface area (Å²) in [6.07, 6.45) is 8.01. The summed E-state index contributed by atoms with van der Waals surface area (Å²) >= 11 is 1.23. The molecular formula is C28H30N4O4S. The van der Waals surface area contributed by atoms with Crippen LogP contribution in [0.15, 0.2) is 66.7 Å². The van der Waals surface area contributed by atoms with Crippen LogP contribution in [-0.2, 0) is 9.53 Å².